The summed E-state index contributed by atoms with van der Waals surface area (Å²) in [6.07, 6.45) is 2.57. The van der Waals surface area contributed by atoms with Gasteiger partial charge in [0.15, 0.2) is 0 Å². The molecule has 1 saturated carbocycles. The van der Waals surface area contributed by atoms with Crippen molar-refractivity contribution >= 4 is 5.91 Å². The minimum absolute atomic E-state index is 0.0853. The first-order valence-electron chi connectivity index (χ1n) is 6.37. The first-order chi connectivity index (χ1) is 8.65. The van der Waals surface area contributed by atoms with Crippen LogP contribution in [0.25, 0.3) is 0 Å². The zero-order valence-electron chi connectivity index (χ0n) is 10.3. The third kappa shape index (κ3) is 3.47. The third-order valence-corrected chi connectivity index (χ3v) is 3.44. The Morgan fingerprint density at radius 1 is 1.33 bits per heavy atom. The van der Waals surface area contributed by atoms with E-state index in [0.29, 0.717) is 18.0 Å². The van der Waals surface area contributed by atoms with E-state index < -0.39 is 0 Å². The predicted octanol–water partition coefficient (Wildman–Crippen LogP) is 1.21. The fraction of sp³-hybridized carbons (Fsp3) is 0.500. The average Bonchev–Trinajstić information content (AvgIpc) is 2.76. The van der Waals surface area contributed by atoms with Crippen LogP contribution in [-0.2, 0) is 11.2 Å². The topological polar surface area (TPSA) is 69.6 Å². The number of aromatic hydroxyl groups is 1. The van der Waals surface area contributed by atoms with Crippen molar-refractivity contribution in [2.75, 3.05) is 6.54 Å². The number of carbonyl (C=O) groups excluding carboxylic acids is 1. The molecule has 0 saturated heterocycles. The molecule has 1 fully saturated rings. The van der Waals surface area contributed by atoms with Crippen molar-refractivity contribution in [2.24, 2.45) is 5.92 Å². The number of hydrogen-bond acceptors (Lipinski definition) is 3. The largest absolute Gasteiger partial charge is 0.508 e. The van der Waals surface area contributed by atoms with Gasteiger partial charge in [-0.2, -0.15) is 0 Å². The number of carbonyl (C=O) groups is 1. The maximum Gasteiger partial charge on any atom is 0.224 e. The maximum atomic E-state index is 11.7. The van der Waals surface area contributed by atoms with Gasteiger partial charge in [0, 0.05) is 12.1 Å². The maximum absolute atomic E-state index is 11.7. The molecule has 4 heteroatoms. The van der Waals surface area contributed by atoms with E-state index in [1.54, 1.807) is 24.3 Å². The highest BCUT2D eigenvalue weighted by atomic mass is 16.3. The Bertz CT molecular complexity index is 419. The monoisotopic (exact) mass is 249 g/mol. The lowest BCUT2D eigenvalue weighted by Crippen LogP contribution is -2.29. The van der Waals surface area contributed by atoms with Crippen LogP contribution in [0.4, 0.5) is 0 Å². The van der Waals surface area contributed by atoms with Gasteiger partial charge >= 0.3 is 0 Å². The van der Waals surface area contributed by atoms with Crippen LogP contribution in [0.2, 0.25) is 0 Å². The van der Waals surface area contributed by atoms with E-state index >= 15 is 0 Å². The smallest absolute Gasteiger partial charge is 0.224 e. The van der Waals surface area contributed by atoms with Crippen LogP contribution in [0.5, 0.6) is 5.75 Å². The summed E-state index contributed by atoms with van der Waals surface area (Å²) in [5.41, 5.74) is 0.640. The molecule has 98 valence electrons. The van der Waals surface area contributed by atoms with Gasteiger partial charge in [0.25, 0.3) is 0 Å². The second kappa shape index (κ2) is 5.87. The molecule has 0 heterocycles. The van der Waals surface area contributed by atoms with Gasteiger partial charge in [-0.05, 0) is 31.2 Å². The van der Waals surface area contributed by atoms with Crippen molar-refractivity contribution in [3.05, 3.63) is 29.8 Å². The summed E-state index contributed by atoms with van der Waals surface area (Å²) in [6.45, 7) is 0.615. The number of benzene rings is 1. The summed E-state index contributed by atoms with van der Waals surface area (Å²) < 4.78 is 0. The second-order valence-corrected chi connectivity index (χ2v) is 4.94. The number of phenols is 1. The molecule has 1 amide bonds. The van der Waals surface area contributed by atoms with Gasteiger partial charge in [-0.3, -0.25) is 4.79 Å². The van der Waals surface area contributed by atoms with Crippen molar-refractivity contribution in [1.29, 1.82) is 0 Å². The normalized spacial score (nSPS) is 22.9. The van der Waals surface area contributed by atoms with Crippen molar-refractivity contribution in [3.63, 3.8) is 0 Å². The molecule has 3 N–H and O–H groups in total. The molecule has 1 aliphatic rings. The summed E-state index contributed by atoms with van der Waals surface area (Å²) in [5, 5.41) is 21.8. The number of hydrogen-bond donors (Lipinski definition) is 3. The molecule has 2 atom stereocenters. The van der Waals surface area contributed by atoms with Gasteiger partial charge in [-0.15, -0.1) is 0 Å². The summed E-state index contributed by atoms with van der Waals surface area (Å²) in [5.74, 6) is 0.454. The van der Waals surface area contributed by atoms with Crippen LogP contribution >= 0.6 is 0 Å². The predicted molar refractivity (Wildman–Crippen MR) is 68.2 cm³/mol. The molecular weight excluding hydrogens is 230 g/mol. The molecule has 0 radical (unpaired) electrons. The minimum atomic E-state index is -0.204. The highest BCUT2D eigenvalue weighted by Crippen LogP contribution is 2.24. The Balaban J connectivity index is 1.77. The van der Waals surface area contributed by atoms with Crippen LogP contribution in [-0.4, -0.2) is 28.8 Å². The lowest BCUT2D eigenvalue weighted by Gasteiger charge is -2.11. The van der Waals surface area contributed by atoms with E-state index in [0.717, 1.165) is 19.3 Å². The van der Waals surface area contributed by atoms with E-state index in [1.165, 1.54) is 0 Å². The lowest BCUT2D eigenvalue weighted by molar-refractivity contribution is -0.120. The lowest BCUT2D eigenvalue weighted by atomic mass is 10.1. The highest BCUT2D eigenvalue weighted by Gasteiger charge is 2.22. The Hall–Kier alpha value is -1.55. The first kappa shape index (κ1) is 12.9. The fourth-order valence-electron chi connectivity index (χ4n) is 2.39. The van der Waals surface area contributed by atoms with Crippen LogP contribution < -0.4 is 5.32 Å². The van der Waals surface area contributed by atoms with Crippen LogP contribution in [0, 0.1) is 5.92 Å². The van der Waals surface area contributed by atoms with E-state index in [9.17, 15) is 15.0 Å². The Labute approximate surface area is 107 Å². The molecular formula is C14H19NO3. The van der Waals surface area contributed by atoms with Crippen molar-refractivity contribution < 1.29 is 15.0 Å². The molecule has 0 spiro atoms. The van der Waals surface area contributed by atoms with Crippen LogP contribution in [0.3, 0.4) is 0 Å². The quantitative estimate of drug-likeness (QED) is 0.751. The molecule has 2 unspecified atom stereocenters. The molecule has 1 aromatic carbocycles. The van der Waals surface area contributed by atoms with Gasteiger partial charge < -0.3 is 15.5 Å². The van der Waals surface area contributed by atoms with E-state index in [-0.39, 0.29) is 24.2 Å². The minimum Gasteiger partial charge on any atom is -0.508 e. The SMILES string of the molecule is O=C(Cc1ccccc1O)NCC1CCC(O)C1. The molecule has 0 bridgehead atoms. The zero-order valence-corrected chi connectivity index (χ0v) is 10.3. The molecule has 18 heavy (non-hydrogen) atoms. The van der Waals surface area contributed by atoms with Gasteiger partial charge in [-0.1, -0.05) is 18.2 Å². The number of nitrogens with one attached hydrogen (secondary N) is 1. The third-order valence-electron chi connectivity index (χ3n) is 3.44. The summed E-state index contributed by atoms with van der Waals surface area (Å²) >= 11 is 0. The Morgan fingerprint density at radius 3 is 2.78 bits per heavy atom. The van der Waals surface area contributed by atoms with Gasteiger partial charge in [0.05, 0.1) is 12.5 Å². The first-order valence-corrected chi connectivity index (χ1v) is 6.37. The van der Waals surface area contributed by atoms with Crippen molar-refractivity contribution in [3.8, 4) is 5.75 Å². The molecule has 1 aliphatic carbocycles. The van der Waals surface area contributed by atoms with E-state index in [1.807, 2.05) is 0 Å². The molecule has 4 nitrogen and oxygen atoms in total. The fourth-order valence-corrected chi connectivity index (χ4v) is 2.39. The number of aliphatic hydroxyl groups excluding tert-OH is 1. The van der Waals surface area contributed by atoms with Gasteiger partial charge in [0.1, 0.15) is 5.75 Å². The van der Waals surface area contributed by atoms with E-state index in [2.05, 4.69) is 5.32 Å². The number of para-hydroxylation sites is 1. The molecule has 0 aromatic heterocycles. The number of aliphatic hydroxyl groups is 1. The molecule has 2 rings (SSSR count). The van der Waals surface area contributed by atoms with Crippen LogP contribution in [0.15, 0.2) is 24.3 Å². The number of phenolic OH excluding ortho intramolecular Hbond substituents is 1. The standard InChI is InChI=1S/C14H19NO3/c16-12-6-5-10(7-12)9-15-14(18)8-11-3-1-2-4-13(11)17/h1-4,10,12,16-17H,5-9H2,(H,15,18). The zero-order chi connectivity index (χ0) is 13.0. The highest BCUT2D eigenvalue weighted by molar-refractivity contribution is 5.79. The molecule has 1 aromatic rings. The Morgan fingerprint density at radius 2 is 2.11 bits per heavy atom. The number of rotatable bonds is 4. The Kier molecular flexibility index (Phi) is 4.20. The number of amides is 1. The summed E-state index contributed by atoms with van der Waals surface area (Å²) in [4.78, 5) is 11.7. The van der Waals surface area contributed by atoms with Gasteiger partial charge in [-0.25, -0.2) is 0 Å². The van der Waals surface area contributed by atoms with Crippen molar-refractivity contribution in [1.82, 2.24) is 5.32 Å². The van der Waals surface area contributed by atoms with Gasteiger partial charge in [0.2, 0.25) is 5.91 Å². The second-order valence-electron chi connectivity index (χ2n) is 4.94. The average molecular weight is 249 g/mol. The summed E-state index contributed by atoms with van der Waals surface area (Å²) in [6, 6.07) is 6.86. The summed E-state index contributed by atoms with van der Waals surface area (Å²) in [7, 11) is 0. The molecule has 0 aliphatic heterocycles. The van der Waals surface area contributed by atoms with Crippen LogP contribution in [0.1, 0.15) is 24.8 Å². The van der Waals surface area contributed by atoms with Crippen molar-refractivity contribution in [2.45, 2.75) is 31.8 Å². The van der Waals surface area contributed by atoms with E-state index in [4.69, 9.17) is 0 Å².